The maximum Gasteiger partial charge on any atom is 0.574 e. The van der Waals surface area contributed by atoms with Gasteiger partial charge in [-0.2, -0.15) is 0 Å². The molecule has 0 fully saturated rings. The van der Waals surface area contributed by atoms with Crippen LogP contribution in [0.15, 0.2) is 6.07 Å². The molecule has 0 amide bonds. The Morgan fingerprint density at radius 1 is 1.53 bits per heavy atom. The van der Waals surface area contributed by atoms with Crippen LogP contribution in [-0.2, 0) is 6.67 Å². The number of ether oxygens (including phenoxy) is 1. The van der Waals surface area contributed by atoms with Crippen LogP contribution in [0.5, 0.6) is 5.88 Å². The molecule has 0 atom stereocenters. The van der Waals surface area contributed by atoms with Crippen molar-refractivity contribution in [1.29, 1.82) is 0 Å². The molecular formula is C7H3F4IN2O3. The molecule has 0 spiro atoms. The lowest BCUT2D eigenvalue weighted by atomic mass is 10.3. The van der Waals surface area contributed by atoms with Crippen molar-refractivity contribution in [1.82, 2.24) is 4.98 Å². The highest BCUT2D eigenvalue weighted by atomic mass is 127. The monoisotopic (exact) mass is 366 g/mol. The SMILES string of the molecule is O=[N+]([O-])c1cc(I)c(OC(F)(F)F)nc1CF. The zero-order chi connectivity index (χ0) is 13.2. The van der Waals surface area contributed by atoms with Crippen LogP contribution in [0.2, 0.25) is 0 Å². The van der Waals surface area contributed by atoms with Gasteiger partial charge in [0.25, 0.3) is 5.69 Å². The zero-order valence-electron chi connectivity index (χ0n) is 7.79. The molecule has 0 bridgehead atoms. The summed E-state index contributed by atoms with van der Waals surface area (Å²) in [5.74, 6) is -0.906. The summed E-state index contributed by atoms with van der Waals surface area (Å²) in [6, 6.07) is 0.767. The van der Waals surface area contributed by atoms with Crippen molar-refractivity contribution in [3.05, 3.63) is 25.4 Å². The molecule has 0 aliphatic rings. The van der Waals surface area contributed by atoms with E-state index in [9.17, 15) is 27.7 Å². The molecule has 0 aliphatic carbocycles. The van der Waals surface area contributed by atoms with Crippen molar-refractivity contribution in [2.45, 2.75) is 13.0 Å². The van der Waals surface area contributed by atoms with Crippen LogP contribution in [0.3, 0.4) is 0 Å². The molecule has 1 heterocycles. The van der Waals surface area contributed by atoms with E-state index in [0.29, 0.717) is 0 Å². The Bertz CT molecular complexity index is 451. The van der Waals surface area contributed by atoms with E-state index < -0.39 is 35.2 Å². The number of aromatic nitrogens is 1. The Hall–Kier alpha value is -1.20. The Morgan fingerprint density at radius 2 is 2.12 bits per heavy atom. The number of hydrogen-bond donors (Lipinski definition) is 0. The maximum atomic E-state index is 12.4. The van der Waals surface area contributed by atoms with Gasteiger partial charge in [0.15, 0.2) is 5.69 Å². The van der Waals surface area contributed by atoms with E-state index in [0.717, 1.165) is 6.07 Å². The first kappa shape index (κ1) is 13.9. The van der Waals surface area contributed by atoms with Gasteiger partial charge < -0.3 is 4.74 Å². The van der Waals surface area contributed by atoms with Crippen LogP contribution in [0.1, 0.15) is 5.69 Å². The van der Waals surface area contributed by atoms with Gasteiger partial charge >= 0.3 is 6.36 Å². The number of alkyl halides is 4. The molecule has 10 heteroatoms. The largest absolute Gasteiger partial charge is 0.574 e. The molecule has 94 valence electrons. The second kappa shape index (κ2) is 4.98. The molecule has 0 unspecified atom stereocenters. The summed E-state index contributed by atoms with van der Waals surface area (Å²) in [6.07, 6.45) is -4.99. The summed E-state index contributed by atoms with van der Waals surface area (Å²) >= 11 is 1.38. The van der Waals surface area contributed by atoms with Crippen molar-refractivity contribution in [3.8, 4) is 5.88 Å². The molecule has 1 rings (SSSR count). The molecule has 0 aliphatic heterocycles. The second-order valence-corrected chi connectivity index (χ2v) is 3.84. The van der Waals surface area contributed by atoms with Gasteiger partial charge in [0, 0.05) is 6.07 Å². The first-order valence-corrected chi connectivity index (χ1v) is 4.98. The van der Waals surface area contributed by atoms with Gasteiger partial charge in [0.1, 0.15) is 6.67 Å². The molecule has 1 aromatic heterocycles. The van der Waals surface area contributed by atoms with Gasteiger partial charge in [0.2, 0.25) is 5.88 Å². The number of hydrogen-bond acceptors (Lipinski definition) is 4. The summed E-state index contributed by atoms with van der Waals surface area (Å²) in [4.78, 5) is 12.7. The van der Waals surface area contributed by atoms with E-state index in [1.165, 1.54) is 22.6 Å². The minimum absolute atomic E-state index is 0.233. The van der Waals surface area contributed by atoms with Gasteiger partial charge in [-0.1, -0.05) is 0 Å². The van der Waals surface area contributed by atoms with Gasteiger partial charge in [-0.3, -0.25) is 10.1 Å². The van der Waals surface area contributed by atoms with Crippen molar-refractivity contribution >= 4 is 28.3 Å². The molecule has 1 aromatic rings. The third-order valence-corrected chi connectivity index (χ3v) is 2.31. The maximum absolute atomic E-state index is 12.4. The van der Waals surface area contributed by atoms with Gasteiger partial charge in [-0.05, 0) is 22.6 Å². The number of rotatable bonds is 3. The fraction of sp³-hybridized carbons (Fsp3) is 0.286. The molecule has 5 nitrogen and oxygen atoms in total. The first-order chi connectivity index (χ1) is 7.74. The minimum Gasteiger partial charge on any atom is -0.387 e. The Labute approximate surface area is 105 Å². The number of nitro groups is 1. The average Bonchev–Trinajstić information content (AvgIpc) is 2.18. The van der Waals surface area contributed by atoms with Crippen LogP contribution in [0.25, 0.3) is 0 Å². The summed E-state index contributed by atoms with van der Waals surface area (Å²) in [5.41, 5.74) is -1.40. The Balaban J connectivity index is 3.23. The molecule has 0 saturated heterocycles. The second-order valence-electron chi connectivity index (χ2n) is 2.68. The van der Waals surface area contributed by atoms with Gasteiger partial charge in [-0.15, -0.1) is 13.2 Å². The van der Waals surface area contributed by atoms with Crippen LogP contribution >= 0.6 is 22.6 Å². The summed E-state index contributed by atoms with van der Waals surface area (Å²) < 4.78 is 51.4. The number of halogens is 5. The lowest BCUT2D eigenvalue weighted by Crippen LogP contribution is -2.19. The Kier molecular flexibility index (Phi) is 4.06. The summed E-state index contributed by atoms with van der Waals surface area (Å²) in [6.45, 7) is -1.36. The van der Waals surface area contributed by atoms with E-state index in [-0.39, 0.29) is 3.57 Å². The summed E-state index contributed by atoms with van der Waals surface area (Å²) in [5, 5.41) is 10.5. The smallest absolute Gasteiger partial charge is 0.387 e. The molecule has 0 radical (unpaired) electrons. The van der Waals surface area contributed by atoms with Crippen LogP contribution in [0.4, 0.5) is 23.2 Å². The van der Waals surface area contributed by atoms with Gasteiger partial charge in [0.05, 0.1) is 8.49 Å². The predicted molar refractivity (Wildman–Crippen MR) is 55.1 cm³/mol. The normalized spacial score (nSPS) is 11.4. The number of pyridine rings is 1. The molecule has 0 aromatic carbocycles. The van der Waals surface area contributed by atoms with Crippen molar-refractivity contribution in [3.63, 3.8) is 0 Å². The molecule has 0 saturated carbocycles. The highest BCUT2D eigenvalue weighted by molar-refractivity contribution is 14.1. The van der Waals surface area contributed by atoms with Gasteiger partial charge in [-0.25, -0.2) is 9.37 Å². The third kappa shape index (κ3) is 3.64. The van der Waals surface area contributed by atoms with E-state index in [1.54, 1.807) is 0 Å². The van der Waals surface area contributed by atoms with Crippen LogP contribution < -0.4 is 4.74 Å². The van der Waals surface area contributed by atoms with Crippen molar-refractivity contribution < 1.29 is 27.2 Å². The van der Waals surface area contributed by atoms with Crippen molar-refractivity contribution in [2.24, 2.45) is 0 Å². The lowest BCUT2D eigenvalue weighted by molar-refractivity contribution is -0.386. The van der Waals surface area contributed by atoms with E-state index in [4.69, 9.17) is 0 Å². The topological polar surface area (TPSA) is 65.3 Å². The quantitative estimate of drug-likeness (QED) is 0.357. The van der Waals surface area contributed by atoms with Crippen molar-refractivity contribution in [2.75, 3.05) is 0 Å². The first-order valence-electron chi connectivity index (χ1n) is 3.90. The van der Waals surface area contributed by atoms with E-state index in [2.05, 4.69) is 9.72 Å². The van der Waals surface area contributed by atoms with Crippen LogP contribution in [-0.4, -0.2) is 16.3 Å². The lowest BCUT2D eigenvalue weighted by Gasteiger charge is -2.10. The predicted octanol–water partition coefficient (Wildman–Crippen LogP) is 2.96. The highest BCUT2D eigenvalue weighted by Crippen LogP contribution is 2.30. The molecular weight excluding hydrogens is 363 g/mol. The third-order valence-electron chi connectivity index (χ3n) is 1.54. The fourth-order valence-corrected chi connectivity index (χ4v) is 1.46. The van der Waals surface area contributed by atoms with E-state index >= 15 is 0 Å². The minimum atomic E-state index is -4.99. The zero-order valence-corrected chi connectivity index (χ0v) is 9.95. The number of nitrogens with zero attached hydrogens (tertiary/aromatic N) is 2. The highest BCUT2D eigenvalue weighted by Gasteiger charge is 2.34. The average molecular weight is 366 g/mol. The summed E-state index contributed by atoms with van der Waals surface area (Å²) in [7, 11) is 0. The Morgan fingerprint density at radius 3 is 2.53 bits per heavy atom. The fourth-order valence-electron chi connectivity index (χ4n) is 0.936. The molecule has 17 heavy (non-hydrogen) atoms. The van der Waals surface area contributed by atoms with E-state index in [1.807, 2.05) is 0 Å². The van der Waals surface area contributed by atoms with Crippen LogP contribution in [0, 0.1) is 13.7 Å². The standard InChI is InChI=1S/C7H3F4IN2O3/c8-2-4-5(14(15)16)1-3(12)6(13-4)17-7(9,10)11/h1H,2H2. The molecule has 0 N–H and O–H groups in total.